The van der Waals surface area contributed by atoms with Crippen LogP contribution in [0.2, 0.25) is 5.02 Å². The number of halogens is 1. The predicted molar refractivity (Wildman–Crippen MR) is 86.1 cm³/mol. The van der Waals surface area contributed by atoms with Crippen LogP contribution >= 0.6 is 11.6 Å². The molecule has 0 aromatic heterocycles. The molecule has 0 fully saturated rings. The Balaban J connectivity index is 1.94. The molecule has 0 bridgehead atoms. The second-order valence-corrected chi connectivity index (χ2v) is 5.80. The highest BCUT2D eigenvalue weighted by Gasteiger charge is 2.26. The van der Waals surface area contributed by atoms with Crippen LogP contribution in [0.4, 0.5) is 0 Å². The van der Waals surface area contributed by atoms with Crippen LogP contribution in [-0.2, 0) is 11.4 Å². The lowest BCUT2D eigenvalue weighted by Gasteiger charge is -2.22. The van der Waals surface area contributed by atoms with Gasteiger partial charge in [0.25, 0.3) is 5.91 Å². The molecule has 22 heavy (non-hydrogen) atoms. The molecule has 0 atom stereocenters. The smallest absolute Gasteiger partial charge is 0.261 e. The van der Waals surface area contributed by atoms with Gasteiger partial charge >= 0.3 is 0 Å². The van der Waals surface area contributed by atoms with Crippen LogP contribution in [-0.4, -0.2) is 11.5 Å². The van der Waals surface area contributed by atoms with Crippen LogP contribution < -0.4 is 15.2 Å². The first-order valence-electron chi connectivity index (χ1n) is 6.83. The molecule has 2 N–H and O–H groups in total. The van der Waals surface area contributed by atoms with Gasteiger partial charge in [-0.2, -0.15) is 0 Å². The fourth-order valence-electron chi connectivity index (χ4n) is 1.70. The molecule has 2 aromatic carbocycles. The van der Waals surface area contributed by atoms with E-state index in [1.165, 1.54) is 0 Å². The van der Waals surface area contributed by atoms with Gasteiger partial charge in [-0.25, -0.2) is 0 Å². The second kappa shape index (κ2) is 6.71. The topological polar surface area (TPSA) is 61.6 Å². The van der Waals surface area contributed by atoms with Gasteiger partial charge in [0.2, 0.25) is 0 Å². The highest BCUT2D eigenvalue weighted by Crippen LogP contribution is 2.22. The van der Waals surface area contributed by atoms with E-state index in [1.54, 1.807) is 38.1 Å². The number of nitrogens with two attached hydrogens (primary N) is 1. The van der Waals surface area contributed by atoms with Gasteiger partial charge in [0.1, 0.15) is 18.1 Å². The summed E-state index contributed by atoms with van der Waals surface area (Å²) >= 11 is 5.83. The van der Waals surface area contributed by atoms with E-state index in [-0.39, 0.29) is 0 Å². The summed E-state index contributed by atoms with van der Waals surface area (Å²) in [6.45, 7) is 3.70. The van der Waals surface area contributed by atoms with E-state index in [4.69, 9.17) is 26.8 Å². The van der Waals surface area contributed by atoms with Crippen molar-refractivity contribution in [3.8, 4) is 11.5 Å². The maximum atomic E-state index is 11.2. The van der Waals surface area contributed by atoms with Crippen molar-refractivity contribution in [3.63, 3.8) is 0 Å². The number of ether oxygens (including phenoxy) is 2. The molecule has 4 nitrogen and oxygen atoms in total. The third-order valence-electron chi connectivity index (χ3n) is 3.11. The molecule has 0 spiro atoms. The molecule has 116 valence electrons. The largest absolute Gasteiger partial charge is 0.489 e. The molecular weight excluding hydrogens is 302 g/mol. The van der Waals surface area contributed by atoms with Crippen LogP contribution in [0.15, 0.2) is 48.5 Å². The normalized spacial score (nSPS) is 11.0. The number of carbonyl (C=O) groups excluding carboxylic acids is 1. The Bertz CT molecular complexity index is 636. The SMILES string of the molecule is CC(C)(Oc1ccc(OCc2ccc(Cl)cc2)cc1)C(N)=O. The molecule has 5 heteroatoms. The summed E-state index contributed by atoms with van der Waals surface area (Å²) in [6, 6.07) is 14.5. The zero-order valence-electron chi connectivity index (χ0n) is 12.5. The minimum Gasteiger partial charge on any atom is -0.489 e. The lowest BCUT2D eigenvalue weighted by atomic mass is 10.1. The first kappa shape index (κ1) is 16.2. The van der Waals surface area contributed by atoms with E-state index < -0.39 is 11.5 Å². The van der Waals surface area contributed by atoms with Crippen molar-refractivity contribution in [3.05, 3.63) is 59.1 Å². The maximum absolute atomic E-state index is 11.2. The van der Waals surface area contributed by atoms with Gasteiger partial charge in [-0.15, -0.1) is 0 Å². The van der Waals surface area contributed by atoms with Crippen LogP contribution in [0.1, 0.15) is 19.4 Å². The lowest BCUT2D eigenvalue weighted by molar-refractivity contribution is -0.130. The third kappa shape index (κ3) is 4.40. The summed E-state index contributed by atoms with van der Waals surface area (Å²) in [7, 11) is 0. The molecule has 0 saturated carbocycles. The van der Waals surface area contributed by atoms with E-state index in [9.17, 15) is 4.79 Å². The summed E-state index contributed by atoms with van der Waals surface area (Å²) in [5, 5.41) is 0.697. The van der Waals surface area contributed by atoms with Gasteiger partial charge in [-0.3, -0.25) is 4.79 Å². The van der Waals surface area contributed by atoms with E-state index in [2.05, 4.69) is 0 Å². The number of carbonyl (C=O) groups is 1. The highest BCUT2D eigenvalue weighted by molar-refractivity contribution is 6.30. The molecule has 0 radical (unpaired) electrons. The number of benzene rings is 2. The number of rotatable bonds is 6. The summed E-state index contributed by atoms with van der Waals surface area (Å²) in [5.41, 5.74) is 5.25. The van der Waals surface area contributed by atoms with Crippen LogP contribution in [0, 0.1) is 0 Å². The molecular formula is C17H18ClNO3. The molecule has 0 aliphatic rings. The Morgan fingerprint density at radius 2 is 1.59 bits per heavy atom. The van der Waals surface area contributed by atoms with E-state index in [1.807, 2.05) is 24.3 Å². The van der Waals surface area contributed by atoms with E-state index in [0.29, 0.717) is 23.1 Å². The summed E-state index contributed by atoms with van der Waals surface area (Å²) in [6.07, 6.45) is 0. The second-order valence-electron chi connectivity index (χ2n) is 5.36. The highest BCUT2D eigenvalue weighted by atomic mass is 35.5. The number of amides is 1. The van der Waals surface area contributed by atoms with Gasteiger partial charge in [0, 0.05) is 5.02 Å². The Kier molecular flexibility index (Phi) is 4.93. The van der Waals surface area contributed by atoms with Gasteiger partial charge in [0.05, 0.1) is 0 Å². The molecule has 1 amide bonds. The van der Waals surface area contributed by atoms with Gasteiger partial charge < -0.3 is 15.2 Å². The van der Waals surface area contributed by atoms with Gasteiger partial charge in [-0.05, 0) is 55.8 Å². The number of primary amides is 1. The summed E-state index contributed by atoms with van der Waals surface area (Å²) in [5.74, 6) is 0.748. The first-order valence-corrected chi connectivity index (χ1v) is 7.21. The van der Waals surface area contributed by atoms with Gasteiger partial charge in [0.15, 0.2) is 5.60 Å². The molecule has 0 unspecified atom stereocenters. The Morgan fingerprint density at radius 1 is 1.05 bits per heavy atom. The molecule has 0 aliphatic heterocycles. The fraction of sp³-hybridized carbons (Fsp3) is 0.235. The van der Waals surface area contributed by atoms with Crippen LogP contribution in [0.5, 0.6) is 11.5 Å². The van der Waals surface area contributed by atoms with Crippen molar-refractivity contribution in [1.82, 2.24) is 0 Å². The van der Waals surface area contributed by atoms with Crippen molar-refractivity contribution in [2.24, 2.45) is 5.73 Å². The molecule has 2 rings (SSSR count). The number of hydrogen-bond acceptors (Lipinski definition) is 3. The Morgan fingerprint density at radius 3 is 2.14 bits per heavy atom. The third-order valence-corrected chi connectivity index (χ3v) is 3.36. The van der Waals surface area contributed by atoms with Gasteiger partial charge in [-0.1, -0.05) is 23.7 Å². The van der Waals surface area contributed by atoms with Crippen LogP contribution in [0.25, 0.3) is 0 Å². The van der Waals surface area contributed by atoms with E-state index in [0.717, 1.165) is 5.56 Å². The lowest BCUT2D eigenvalue weighted by Crippen LogP contribution is -2.43. The Hall–Kier alpha value is -2.20. The average Bonchev–Trinajstić information content (AvgIpc) is 2.48. The molecule has 0 aliphatic carbocycles. The zero-order chi connectivity index (χ0) is 16.2. The average molecular weight is 320 g/mol. The van der Waals surface area contributed by atoms with Crippen molar-refractivity contribution in [2.75, 3.05) is 0 Å². The van der Waals surface area contributed by atoms with E-state index >= 15 is 0 Å². The van der Waals surface area contributed by atoms with Crippen molar-refractivity contribution >= 4 is 17.5 Å². The quantitative estimate of drug-likeness (QED) is 0.885. The molecule has 0 heterocycles. The summed E-state index contributed by atoms with van der Waals surface area (Å²) < 4.78 is 11.2. The number of hydrogen-bond donors (Lipinski definition) is 1. The fourth-order valence-corrected chi connectivity index (χ4v) is 1.82. The van der Waals surface area contributed by atoms with Crippen LogP contribution in [0.3, 0.4) is 0 Å². The standard InChI is InChI=1S/C17H18ClNO3/c1-17(2,16(19)20)22-15-9-7-14(8-10-15)21-11-12-3-5-13(18)6-4-12/h3-10H,11H2,1-2H3,(H2,19,20). The molecule has 2 aromatic rings. The monoisotopic (exact) mass is 319 g/mol. The van der Waals surface area contributed by atoms with Crippen molar-refractivity contribution in [2.45, 2.75) is 26.1 Å². The Labute approximate surface area is 134 Å². The maximum Gasteiger partial charge on any atom is 0.261 e. The van der Waals surface area contributed by atoms with Crippen molar-refractivity contribution < 1.29 is 14.3 Å². The zero-order valence-corrected chi connectivity index (χ0v) is 13.3. The first-order chi connectivity index (χ1) is 10.4. The predicted octanol–water partition coefficient (Wildman–Crippen LogP) is 3.56. The molecule has 0 saturated heterocycles. The minimum absolute atomic E-state index is 0.449. The summed E-state index contributed by atoms with van der Waals surface area (Å²) in [4.78, 5) is 11.2. The minimum atomic E-state index is -1.05. The van der Waals surface area contributed by atoms with Crippen molar-refractivity contribution in [1.29, 1.82) is 0 Å².